The second-order valence-corrected chi connectivity index (χ2v) is 7.17. The lowest BCUT2D eigenvalue weighted by Crippen LogP contribution is -2.14. The van der Waals surface area contributed by atoms with Gasteiger partial charge in [0.2, 0.25) is 0 Å². The molecule has 1 N–H and O–H groups in total. The van der Waals surface area contributed by atoms with Crippen LogP contribution in [0.4, 0.5) is 10.1 Å². The smallest absolute Gasteiger partial charge is 0.259 e. The molecule has 0 unspecified atom stereocenters. The Morgan fingerprint density at radius 3 is 2.03 bits per heavy atom. The van der Waals surface area contributed by atoms with E-state index in [0.717, 1.165) is 11.1 Å². The van der Waals surface area contributed by atoms with Crippen LogP contribution in [0.1, 0.15) is 21.5 Å². The zero-order valence-electron chi connectivity index (χ0n) is 17.3. The normalized spacial score (nSPS) is 10.4. The van der Waals surface area contributed by atoms with Crippen molar-refractivity contribution in [1.82, 2.24) is 0 Å². The molecule has 4 nitrogen and oxygen atoms in total. The summed E-state index contributed by atoms with van der Waals surface area (Å²) in [6, 6.07) is 30.3. The molecular formula is C27H22FNO3. The van der Waals surface area contributed by atoms with E-state index in [1.165, 1.54) is 18.2 Å². The molecule has 0 radical (unpaired) electrons. The molecule has 32 heavy (non-hydrogen) atoms. The highest BCUT2D eigenvalue weighted by Crippen LogP contribution is 2.27. The lowest BCUT2D eigenvalue weighted by Gasteiger charge is -2.14. The van der Waals surface area contributed by atoms with E-state index in [1.807, 2.05) is 60.7 Å². The molecule has 0 spiro atoms. The average Bonchev–Trinajstić information content (AvgIpc) is 2.83. The largest absolute Gasteiger partial charge is 0.489 e. The van der Waals surface area contributed by atoms with Crippen LogP contribution in [-0.4, -0.2) is 5.91 Å². The van der Waals surface area contributed by atoms with Gasteiger partial charge in [-0.05, 0) is 41.5 Å². The molecule has 0 saturated heterocycles. The minimum Gasteiger partial charge on any atom is -0.489 e. The van der Waals surface area contributed by atoms with Crippen molar-refractivity contribution < 1.29 is 18.7 Å². The molecule has 0 aliphatic carbocycles. The summed E-state index contributed by atoms with van der Waals surface area (Å²) in [6.07, 6.45) is 0. The third-order valence-corrected chi connectivity index (χ3v) is 4.77. The SMILES string of the molecule is O=C(Nc1cccc(F)c1)c1ccc(OCc2ccccc2)cc1OCc1ccccc1. The van der Waals surface area contributed by atoms with Crippen molar-refractivity contribution in [3.8, 4) is 11.5 Å². The van der Waals surface area contributed by atoms with Crippen molar-refractivity contribution in [3.05, 3.63) is 126 Å². The van der Waals surface area contributed by atoms with E-state index >= 15 is 0 Å². The maximum absolute atomic E-state index is 13.5. The standard InChI is InChI=1S/C27H22FNO3/c28-22-12-7-13-23(16-22)29-27(30)25-15-14-24(31-18-20-8-3-1-4-9-20)17-26(25)32-19-21-10-5-2-6-11-21/h1-17H,18-19H2,(H,29,30). The summed E-state index contributed by atoms with van der Waals surface area (Å²) in [6.45, 7) is 0.691. The Bertz CT molecular complexity index is 1180. The van der Waals surface area contributed by atoms with Crippen LogP contribution in [0.3, 0.4) is 0 Å². The molecule has 0 atom stereocenters. The highest BCUT2D eigenvalue weighted by molar-refractivity contribution is 6.06. The number of hydrogen-bond donors (Lipinski definition) is 1. The summed E-state index contributed by atoms with van der Waals surface area (Å²) >= 11 is 0. The molecule has 4 aromatic rings. The first-order chi connectivity index (χ1) is 15.7. The summed E-state index contributed by atoms with van der Waals surface area (Å²) < 4.78 is 25.4. The fourth-order valence-corrected chi connectivity index (χ4v) is 3.14. The number of carbonyl (C=O) groups excluding carboxylic acids is 1. The third-order valence-electron chi connectivity index (χ3n) is 4.77. The van der Waals surface area contributed by atoms with E-state index in [0.29, 0.717) is 36.0 Å². The first kappa shape index (κ1) is 21.1. The van der Waals surface area contributed by atoms with Gasteiger partial charge in [0.1, 0.15) is 30.5 Å². The van der Waals surface area contributed by atoms with Gasteiger partial charge in [0, 0.05) is 11.8 Å². The summed E-state index contributed by atoms with van der Waals surface area (Å²) in [5.74, 6) is 0.147. The molecule has 160 valence electrons. The number of halogens is 1. The number of anilines is 1. The Balaban J connectivity index is 1.54. The van der Waals surface area contributed by atoms with Crippen LogP contribution < -0.4 is 14.8 Å². The van der Waals surface area contributed by atoms with Crippen LogP contribution in [0, 0.1) is 5.82 Å². The quantitative estimate of drug-likeness (QED) is 0.362. The maximum Gasteiger partial charge on any atom is 0.259 e. The van der Waals surface area contributed by atoms with Gasteiger partial charge in [0.25, 0.3) is 5.91 Å². The fraction of sp³-hybridized carbons (Fsp3) is 0.0741. The zero-order chi connectivity index (χ0) is 22.2. The second-order valence-electron chi connectivity index (χ2n) is 7.17. The van der Waals surface area contributed by atoms with Gasteiger partial charge in [-0.25, -0.2) is 4.39 Å². The van der Waals surface area contributed by atoms with E-state index in [4.69, 9.17) is 9.47 Å². The summed E-state index contributed by atoms with van der Waals surface area (Å²) in [7, 11) is 0. The predicted octanol–water partition coefficient (Wildman–Crippen LogP) is 6.24. The summed E-state index contributed by atoms with van der Waals surface area (Å²) in [5, 5.41) is 2.72. The number of amides is 1. The number of nitrogens with one attached hydrogen (secondary N) is 1. The van der Waals surface area contributed by atoms with Gasteiger partial charge in [-0.3, -0.25) is 4.79 Å². The Morgan fingerprint density at radius 2 is 1.38 bits per heavy atom. The molecule has 0 aliphatic rings. The van der Waals surface area contributed by atoms with Gasteiger partial charge in [-0.2, -0.15) is 0 Å². The van der Waals surface area contributed by atoms with Crippen LogP contribution in [0.25, 0.3) is 0 Å². The average molecular weight is 427 g/mol. The zero-order valence-corrected chi connectivity index (χ0v) is 17.3. The Kier molecular flexibility index (Phi) is 6.78. The van der Waals surface area contributed by atoms with E-state index in [1.54, 1.807) is 24.3 Å². The molecule has 0 aromatic heterocycles. The van der Waals surface area contributed by atoms with E-state index in [9.17, 15) is 9.18 Å². The maximum atomic E-state index is 13.5. The number of rotatable bonds is 8. The summed E-state index contributed by atoms with van der Waals surface area (Å²) in [4.78, 5) is 12.9. The Morgan fingerprint density at radius 1 is 0.719 bits per heavy atom. The molecule has 0 bridgehead atoms. The molecule has 5 heteroatoms. The van der Waals surface area contributed by atoms with Crippen molar-refractivity contribution in [2.75, 3.05) is 5.32 Å². The van der Waals surface area contributed by atoms with Gasteiger partial charge < -0.3 is 14.8 Å². The molecule has 4 aromatic carbocycles. The van der Waals surface area contributed by atoms with Crippen LogP contribution >= 0.6 is 0 Å². The first-order valence-electron chi connectivity index (χ1n) is 10.2. The first-order valence-corrected chi connectivity index (χ1v) is 10.2. The third kappa shape index (κ3) is 5.73. The lowest BCUT2D eigenvalue weighted by molar-refractivity contribution is 0.102. The van der Waals surface area contributed by atoms with Crippen molar-refractivity contribution in [3.63, 3.8) is 0 Å². The molecule has 1 amide bonds. The van der Waals surface area contributed by atoms with Crippen LogP contribution in [0.15, 0.2) is 103 Å². The topological polar surface area (TPSA) is 47.6 Å². The van der Waals surface area contributed by atoms with Gasteiger partial charge in [-0.1, -0.05) is 66.7 Å². The van der Waals surface area contributed by atoms with Crippen LogP contribution in [-0.2, 0) is 13.2 Å². The minimum absolute atomic E-state index is 0.295. The number of hydrogen-bond acceptors (Lipinski definition) is 3. The molecule has 0 aliphatic heterocycles. The minimum atomic E-state index is -0.423. The van der Waals surface area contributed by atoms with Crippen LogP contribution in [0.5, 0.6) is 11.5 Å². The Labute approximate surface area is 186 Å². The monoisotopic (exact) mass is 427 g/mol. The Hall–Kier alpha value is -4.12. The van der Waals surface area contributed by atoms with Gasteiger partial charge in [0.05, 0.1) is 5.56 Å². The number of benzene rings is 4. The highest BCUT2D eigenvalue weighted by Gasteiger charge is 2.15. The molecule has 0 saturated carbocycles. The van der Waals surface area contributed by atoms with Crippen molar-refractivity contribution in [1.29, 1.82) is 0 Å². The van der Waals surface area contributed by atoms with Crippen molar-refractivity contribution in [2.24, 2.45) is 0 Å². The number of carbonyl (C=O) groups is 1. The summed E-state index contributed by atoms with van der Waals surface area (Å²) in [5.41, 5.74) is 2.71. The van der Waals surface area contributed by atoms with Gasteiger partial charge in [0.15, 0.2) is 0 Å². The lowest BCUT2D eigenvalue weighted by atomic mass is 10.1. The molecule has 0 fully saturated rings. The van der Waals surface area contributed by atoms with E-state index < -0.39 is 11.7 Å². The van der Waals surface area contributed by atoms with Crippen LogP contribution in [0.2, 0.25) is 0 Å². The molecular weight excluding hydrogens is 405 g/mol. The highest BCUT2D eigenvalue weighted by atomic mass is 19.1. The molecule has 4 rings (SSSR count). The van der Waals surface area contributed by atoms with Gasteiger partial charge >= 0.3 is 0 Å². The van der Waals surface area contributed by atoms with Gasteiger partial charge in [-0.15, -0.1) is 0 Å². The molecule has 0 heterocycles. The second kappa shape index (κ2) is 10.3. The van der Waals surface area contributed by atoms with Crippen molar-refractivity contribution in [2.45, 2.75) is 13.2 Å². The number of ether oxygens (including phenoxy) is 2. The fourth-order valence-electron chi connectivity index (χ4n) is 3.14. The van der Waals surface area contributed by atoms with E-state index in [2.05, 4.69) is 5.32 Å². The van der Waals surface area contributed by atoms with E-state index in [-0.39, 0.29) is 0 Å². The van der Waals surface area contributed by atoms with Crippen molar-refractivity contribution >= 4 is 11.6 Å². The predicted molar refractivity (Wildman–Crippen MR) is 122 cm³/mol.